The van der Waals surface area contributed by atoms with Crippen molar-refractivity contribution in [2.24, 2.45) is 4.99 Å². The Morgan fingerprint density at radius 2 is 2.17 bits per heavy atom. The smallest absolute Gasteiger partial charge is 0.184 e. The number of rotatable bonds is 2. The second kappa shape index (κ2) is 5.30. The molecule has 0 aliphatic carbocycles. The van der Waals surface area contributed by atoms with Gasteiger partial charge in [0.1, 0.15) is 0 Å². The van der Waals surface area contributed by atoms with Gasteiger partial charge in [-0.25, -0.2) is 0 Å². The summed E-state index contributed by atoms with van der Waals surface area (Å²) in [6.07, 6.45) is -0.219. The zero-order valence-corrected chi connectivity index (χ0v) is 11.1. The van der Waals surface area contributed by atoms with E-state index in [2.05, 4.69) is 23.3 Å². The molecule has 1 N–H and O–H groups in total. The van der Waals surface area contributed by atoms with E-state index in [-0.39, 0.29) is 6.29 Å². The number of amidine groups is 1. The van der Waals surface area contributed by atoms with Gasteiger partial charge in [0.15, 0.2) is 11.5 Å². The van der Waals surface area contributed by atoms with Gasteiger partial charge in [-0.05, 0) is 12.1 Å². The SMILES string of the molecule is CC1CN=C(Nc2cccc(C3OCCO3)c2)S1. The lowest BCUT2D eigenvalue weighted by molar-refractivity contribution is -0.0440. The first-order valence-electron chi connectivity index (χ1n) is 6.12. The van der Waals surface area contributed by atoms with Gasteiger partial charge in [-0.1, -0.05) is 30.8 Å². The largest absolute Gasteiger partial charge is 0.346 e. The number of thioether (sulfide) groups is 1. The number of nitrogens with one attached hydrogen (secondary N) is 1. The molecule has 2 aliphatic rings. The molecule has 0 amide bonds. The standard InChI is InChI=1S/C13H16N2O2S/c1-9-8-14-13(18-9)15-11-4-2-3-10(7-11)12-16-5-6-17-12/h2-4,7,9,12H,5-6,8H2,1H3,(H,14,15). The fourth-order valence-electron chi connectivity index (χ4n) is 1.98. The average Bonchev–Trinajstić information content (AvgIpc) is 3.01. The number of aliphatic imine (C=N–C) groups is 1. The van der Waals surface area contributed by atoms with Gasteiger partial charge < -0.3 is 14.8 Å². The first kappa shape index (κ1) is 12.0. The molecule has 1 atom stereocenters. The maximum absolute atomic E-state index is 5.50. The van der Waals surface area contributed by atoms with E-state index in [0.29, 0.717) is 18.5 Å². The molecule has 0 aromatic heterocycles. The van der Waals surface area contributed by atoms with Crippen LogP contribution in [0.1, 0.15) is 18.8 Å². The van der Waals surface area contributed by atoms with Crippen LogP contribution in [-0.4, -0.2) is 30.2 Å². The van der Waals surface area contributed by atoms with Gasteiger partial charge in [0.25, 0.3) is 0 Å². The van der Waals surface area contributed by atoms with Crippen LogP contribution in [0.5, 0.6) is 0 Å². The second-order valence-corrected chi connectivity index (χ2v) is 5.83. The number of ether oxygens (including phenoxy) is 2. The van der Waals surface area contributed by atoms with Gasteiger partial charge >= 0.3 is 0 Å². The Hall–Kier alpha value is -1.04. The summed E-state index contributed by atoms with van der Waals surface area (Å²) in [7, 11) is 0. The van der Waals surface area contributed by atoms with Gasteiger partial charge in [0.2, 0.25) is 0 Å². The van der Waals surface area contributed by atoms with Crippen LogP contribution in [0.4, 0.5) is 5.69 Å². The highest BCUT2D eigenvalue weighted by molar-refractivity contribution is 8.15. The van der Waals surface area contributed by atoms with Crippen LogP contribution in [0.15, 0.2) is 29.3 Å². The summed E-state index contributed by atoms with van der Waals surface area (Å²) >= 11 is 1.77. The van der Waals surface area contributed by atoms with Crippen LogP contribution in [0.2, 0.25) is 0 Å². The molecule has 3 rings (SSSR count). The number of benzene rings is 1. The molecule has 1 aromatic carbocycles. The molecular formula is C13H16N2O2S. The lowest BCUT2D eigenvalue weighted by atomic mass is 10.2. The van der Waals surface area contributed by atoms with Crippen molar-refractivity contribution in [3.63, 3.8) is 0 Å². The van der Waals surface area contributed by atoms with E-state index in [9.17, 15) is 0 Å². The summed E-state index contributed by atoms with van der Waals surface area (Å²) < 4.78 is 11.0. The Morgan fingerprint density at radius 3 is 2.89 bits per heavy atom. The molecule has 0 radical (unpaired) electrons. The number of nitrogens with zero attached hydrogens (tertiary/aromatic N) is 1. The van der Waals surface area contributed by atoms with E-state index >= 15 is 0 Å². The number of hydrogen-bond donors (Lipinski definition) is 1. The first-order valence-corrected chi connectivity index (χ1v) is 7.00. The maximum atomic E-state index is 5.50. The molecule has 1 unspecified atom stereocenters. The minimum Gasteiger partial charge on any atom is -0.346 e. The average molecular weight is 264 g/mol. The normalized spacial score (nSPS) is 24.3. The zero-order valence-electron chi connectivity index (χ0n) is 10.3. The Labute approximate surface area is 111 Å². The fourth-order valence-corrected chi connectivity index (χ4v) is 2.84. The third-order valence-electron chi connectivity index (χ3n) is 2.84. The molecule has 1 aromatic rings. The van der Waals surface area contributed by atoms with Crippen LogP contribution in [0.25, 0.3) is 0 Å². The molecule has 0 saturated carbocycles. The van der Waals surface area contributed by atoms with E-state index in [1.54, 1.807) is 11.8 Å². The molecule has 18 heavy (non-hydrogen) atoms. The predicted octanol–water partition coefficient (Wildman–Crippen LogP) is 2.64. The van der Waals surface area contributed by atoms with Gasteiger partial charge in [-0.15, -0.1) is 0 Å². The predicted molar refractivity (Wildman–Crippen MR) is 74.1 cm³/mol. The van der Waals surface area contributed by atoms with Crippen molar-refractivity contribution < 1.29 is 9.47 Å². The Balaban J connectivity index is 1.70. The highest BCUT2D eigenvalue weighted by atomic mass is 32.2. The minimum atomic E-state index is -0.219. The van der Waals surface area contributed by atoms with E-state index in [1.165, 1.54) is 0 Å². The number of anilines is 1. The second-order valence-electron chi connectivity index (χ2n) is 4.40. The molecule has 2 aliphatic heterocycles. The fraction of sp³-hybridized carbons (Fsp3) is 0.462. The van der Waals surface area contributed by atoms with E-state index in [4.69, 9.17) is 9.47 Å². The molecule has 4 nitrogen and oxygen atoms in total. The molecule has 1 fully saturated rings. The Kier molecular flexibility index (Phi) is 3.54. The molecule has 0 spiro atoms. The monoisotopic (exact) mass is 264 g/mol. The molecule has 96 valence electrons. The summed E-state index contributed by atoms with van der Waals surface area (Å²) in [6, 6.07) is 8.12. The van der Waals surface area contributed by atoms with Crippen LogP contribution in [-0.2, 0) is 9.47 Å². The van der Waals surface area contributed by atoms with Crippen molar-refractivity contribution in [2.45, 2.75) is 18.5 Å². The molecule has 1 saturated heterocycles. The molecule has 2 heterocycles. The van der Waals surface area contributed by atoms with E-state index < -0.39 is 0 Å². The van der Waals surface area contributed by atoms with Gasteiger partial charge in [-0.3, -0.25) is 4.99 Å². The van der Waals surface area contributed by atoms with Crippen molar-refractivity contribution >= 4 is 22.6 Å². The summed E-state index contributed by atoms with van der Waals surface area (Å²) in [5.74, 6) is 0. The molecular weight excluding hydrogens is 248 g/mol. The van der Waals surface area contributed by atoms with E-state index in [1.807, 2.05) is 18.2 Å². The van der Waals surface area contributed by atoms with Crippen LogP contribution < -0.4 is 5.32 Å². The lowest BCUT2D eigenvalue weighted by Gasteiger charge is -2.12. The summed E-state index contributed by atoms with van der Waals surface area (Å²) in [5, 5.41) is 4.90. The molecule has 0 bridgehead atoms. The van der Waals surface area contributed by atoms with Crippen molar-refractivity contribution in [1.82, 2.24) is 0 Å². The Bertz CT molecular complexity index is 458. The highest BCUT2D eigenvalue weighted by Gasteiger charge is 2.19. The van der Waals surface area contributed by atoms with Crippen LogP contribution >= 0.6 is 11.8 Å². The zero-order chi connectivity index (χ0) is 12.4. The van der Waals surface area contributed by atoms with Crippen molar-refractivity contribution in [3.8, 4) is 0 Å². The quantitative estimate of drug-likeness (QED) is 0.891. The van der Waals surface area contributed by atoms with Crippen molar-refractivity contribution in [1.29, 1.82) is 0 Å². The van der Waals surface area contributed by atoms with Gasteiger partial charge in [0.05, 0.1) is 19.8 Å². The number of hydrogen-bond acceptors (Lipinski definition) is 5. The van der Waals surface area contributed by atoms with Gasteiger partial charge in [0, 0.05) is 16.5 Å². The minimum absolute atomic E-state index is 0.219. The third-order valence-corrected chi connectivity index (χ3v) is 3.84. The first-order chi connectivity index (χ1) is 8.81. The topological polar surface area (TPSA) is 42.9 Å². The third kappa shape index (κ3) is 2.68. The summed E-state index contributed by atoms with van der Waals surface area (Å²) in [4.78, 5) is 4.45. The highest BCUT2D eigenvalue weighted by Crippen LogP contribution is 2.27. The maximum Gasteiger partial charge on any atom is 0.184 e. The van der Waals surface area contributed by atoms with E-state index in [0.717, 1.165) is 23.0 Å². The lowest BCUT2D eigenvalue weighted by Crippen LogP contribution is -2.07. The summed E-state index contributed by atoms with van der Waals surface area (Å²) in [6.45, 7) is 4.41. The van der Waals surface area contributed by atoms with Gasteiger partial charge in [-0.2, -0.15) is 0 Å². The molecule has 5 heteroatoms. The van der Waals surface area contributed by atoms with Crippen molar-refractivity contribution in [3.05, 3.63) is 29.8 Å². The van der Waals surface area contributed by atoms with Crippen molar-refractivity contribution in [2.75, 3.05) is 25.1 Å². The Morgan fingerprint density at radius 1 is 1.33 bits per heavy atom. The van der Waals surface area contributed by atoms with Crippen LogP contribution in [0.3, 0.4) is 0 Å². The summed E-state index contributed by atoms with van der Waals surface area (Å²) in [5.41, 5.74) is 2.08. The van der Waals surface area contributed by atoms with Crippen LogP contribution in [0, 0.1) is 0 Å².